The van der Waals surface area contributed by atoms with Crippen molar-refractivity contribution < 1.29 is 0 Å². The fourth-order valence-electron chi connectivity index (χ4n) is 0.107. The van der Waals surface area contributed by atoms with Crippen molar-refractivity contribution in [2.45, 2.75) is 5.86 Å². The van der Waals surface area contributed by atoms with Crippen LogP contribution >= 0.6 is 90.4 Å². The number of halogens is 4. The number of hydrogen-bond acceptors (Lipinski definition) is 0. The van der Waals surface area contributed by atoms with E-state index in [0.717, 1.165) is 0 Å². The molecule has 0 aliphatic rings. The lowest BCUT2D eigenvalue weighted by Crippen LogP contribution is -1.97. The molecule has 0 aromatic rings. The summed E-state index contributed by atoms with van der Waals surface area (Å²) in [5, 5.41) is 0. The molecular weight excluding hydrogens is 544 g/mol. The third-order valence-electron chi connectivity index (χ3n) is 0.378. The van der Waals surface area contributed by atoms with Crippen LogP contribution in [0.2, 0.25) is 0 Å². The monoisotopic (exact) mass is 548 g/mol. The normalized spacial score (nSPS) is 12.0. The van der Waals surface area contributed by atoms with E-state index in [9.17, 15) is 0 Å². The Hall–Kier alpha value is 2.92. The quantitative estimate of drug-likeness (QED) is 0.365. The third-order valence-corrected chi connectivity index (χ3v) is 2.54. The van der Waals surface area contributed by atoms with E-state index in [4.69, 9.17) is 0 Å². The molecule has 0 aliphatic carbocycles. The highest BCUT2D eigenvalue weighted by Crippen LogP contribution is 2.39. The first-order valence-electron chi connectivity index (χ1n) is 1.69. The molecule has 0 N–H and O–H groups in total. The lowest BCUT2D eigenvalue weighted by molar-refractivity contribution is 1.13. The van der Waals surface area contributed by atoms with Gasteiger partial charge in [0.25, 0.3) is 0 Å². The SMILES string of the molecule is ICCC(I)(I)I. The molecule has 0 atom stereocenters. The lowest BCUT2D eigenvalue weighted by Gasteiger charge is -2.07. The highest BCUT2D eigenvalue weighted by molar-refractivity contribution is 14.3. The van der Waals surface area contributed by atoms with Gasteiger partial charge in [-0.05, 0) is 6.42 Å². The topological polar surface area (TPSA) is 0 Å². The zero-order valence-corrected chi connectivity index (χ0v) is 12.1. The minimum absolute atomic E-state index is 0.453. The molecule has 0 rings (SSSR count). The van der Waals surface area contributed by atoms with Crippen molar-refractivity contribution >= 4 is 90.4 Å². The molecule has 0 aromatic heterocycles. The highest BCUT2D eigenvalue weighted by Gasteiger charge is 2.14. The highest BCUT2D eigenvalue weighted by atomic mass is 127. The molecule has 0 aromatic carbocycles. The van der Waals surface area contributed by atoms with Gasteiger partial charge in [0, 0.05) is 4.43 Å². The van der Waals surface area contributed by atoms with E-state index >= 15 is 0 Å². The summed E-state index contributed by atoms with van der Waals surface area (Å²) < 4.78 is 1.71. The van der Waals surface area contributed by atoms with Gasteiger partial charge in [0.15, 0.2) is 0 Å². The Morgan fingerprint density at radius 1 is 1.14 bits per heavy atom. The summed E-state index contributed by atoms with van der Waals surface area (Å²) in [6, 6.07) is 0. The predicted octanol–water partition coefficient (Wildman–Crippen LogP) is 3.77. The molecule has 0 spiro atoms. The standard InChI is InChI=1S/C3H4I4/c4-2-1-3(5,6)7/h1-2H2. The minimum Gasteiger partial charge on any atom is -0.0863 e. The Morgan fingerprint density at radius 3 is 1.57 bits per heavy atom. The first kappa shape index (κ1) is 9.92. The van der Waals surface area contributed by atoms with Gasteiger partial charge in [0.1, 0.15) is -0.565 Å². The number of alkyl halides is 4. The smallest absolute Gasteiger partial charge is 0.0863 e. The van der Waals surface area contributed by atoms with Crippen LogP contribution in [-0.2, 0) is 0 Å². The summed E-state index contributed by atoms with van der Waals surface area (Å²) in [6.45, 7) is 0. The Labute approximate surface area is 98.5 Å². The van der Waals surface area contributed by atoms with Gasteiger partial charge in [-0.1, -0.05) is 90.4 Å². The second-order valence-electron chi connectivity index (χ2n) is 1.05. The summed E-state index contributed by atoms with van der Waals surface area (Å²) in [6.07, 6.45) is 1.29. The molecule has 0 amide bonds. The third kappa shape index (κ3) is 8.92. The van der Waals surface area contributed by atoms with Crippen LogP contribution in [0.4, 0.5) is 0 Å². The average molecular weight is 548 g/mol. The van der Waals surface area contributed by atoms with Crippen LogP contribution in [0.25, 0.3) is 0 Å². The fourth-order valence-corrected chi connectivity index (χ4v) is 4.82. The van der Waals surface area contributed by atoms with E-state index in [-0.39, 0.29) is 0 Å². The van der Waals surface area contributed by atoms with Gasteiger partial charge in [0.05, 0.1) is 0 Å². The van der Waals surface area contributed by atoms with E-state index in [1.54, 1.807) is 0 Å². The van der Waals surface area contributed by atoms with E-state index in [1.165, 1.54) is 10.8 Å². The first-order valence-corrected chi connectivity index (χ1v) is 6.45. The molecule has 0 nitrogen and oxygen atoms in total. The molecule has 0 heterocycles. The van der Waals surface area contributed by atoms with Gasteiger partial charge in [0.2, 0.25) is 0 Å². The van der Waals surface area contributed by atoms with Crippen molar-refractivity contribution in [2.75, 3.05) is 4.43 Å². The van der Waals surface area contributed by atoms with E-state index in [0.29, 0.717) is -0.565 Å². The van der Waals surface area contributed by atoms with Gasteiger partial charge in [-0.2, -0.15) is 0 Å². The molecule has 0 saturated heterocycles. The summed E-state index contributed by atoms with van der Waals surface area (Å²) in [5.41, 5.74) is 0. The largest absolute Gasteiger partial charge is 0.125 e. The van der Waals surface area contributed by atoms with Crippen LogP contribution in [0.5, 0.6) is 0 Å². The maximum absolute atomic E-state index is 2.45. The molecule has 0 aliphatic heterocycles. The summed E-state index contributed by atoms with van der Waals surface area (Å²) in [5.74, 6) is 0. The van der Waals surface area contributed by atoms with Gasteiger partial charge in [-0.25, -0.2) is 0 Å². The molecule has 0 radical (unpaired) electrons. The molecule has 0 saturated carbocycles. The average Bonchev–Trinajstić information content (AvgIpc) is 1.30. The Kier molecular flexibility index (Phi) is 6.65. The zero-order chi connectivity index (χ0) is 5.91. The van der Waals surface area contributed by atoms with Crippen molar-refractivity contribution in [3.05, 3.63) is 0 Å². The van der Waals surface area contributed by atoms with Crippen LogP contribution in [0.3, 0.4) is 0 Å². The minimum atomic E-state index is 0.453. The Bertz CT molecular complexity index is 45.4. The van der Waals surface area contributed by atoms with E-state index in [2.05, 4.69) is 90.4 Å². The molecule has 0 unspecified atom stereocenters. The molecule has 44 valence electrons. The fraction of sp³-hybridized carbons (Fsp3) is 1.00. The molecular formula is C3H4I4. The molecule has 0 fully saturated rings. The van der Waals surface area contributed by atoms with Crippen LogP contribution in [0.1, 0.15) is 6.42 Å². The Balaban J connectivity index is 3.15. The van der Waals surface area contributed by atoms with Gasteiger partial charge in [-0.15, -0.1) is 0 Å². The summed E-state index contributed by atoms with van der Waals surface area (Å²) >= 11 is 9.73. The van der Waals surface area contributed by atoms with Crippen LogP contribution in [0.15, 0.2) is 0 Å². The van der Waals surface area contributed by atoms with Crippen molar-refractivity contribution in [3.8, 4) is 0 Å². The summed E-state index contributed by atoms with van der Waals surface area (Å²) in [7, 11) is 0. The lowest BCUT2D eigenvalue weighted by atomic mass is 10.6. The van der Waals surface area contributed by atoms with Gasteiger partial charge < -0.3 is 0 Å². The van der Waals surface area contributed by atoms with Crippen molar-refractivity contribution in [1.82, 2.24) is 0 Å². The summed E-state index contributed by atoms with van der Waals surface area (Å²) in [4.78, 5) is 0. The van der Waals surface area contributed by atoms with E-state index in [1.807, 2.05) is 0 Å². The maximum atomic E-state index is 2.45. The van der Waals surface area contributed by atoms with Crippen molar-refractivity contribution in [2.24, 2.45) is 0 Å². The second kappa shape index (κ2) is 4.69. The van der Waals surface area contributed by atoms with Crippen LogP contribution < -0.4 is 0 Å². The number of rotatable bonds is 2. The van der Waals surface area contributed by atoms with Crippen molar-refractivity contribution in [3.63, 3.8) is 0 Å². The van der Waals surface area contributed by atoms with Crippen LogP contribution in [0, 0.1) is 0 Å². The predicted molar refractivity (Wildman–Crippen MR) is 68.3 cm³/mol. The number of hydrogen-bond donors (Lipinski definition) is 0. The Morgan fingerprint density at radius 2 is 1.57 bits per heavy atom. The van der Waals surface area contributed by atoms with Gasteiger partial charge in [-0.3, -0.25) is 0 Å². The molecule has 4 heteroatoms. The van der Waals surface area contributed by atoms with Crippen LogP contribution in [-0.4, -0.2) is 3.86 Å². The maximum Gasteiger partial charge on any atom is 0.125 e. The second-order valence-corrected chi connectivity index (χ2v) is 13.8. The zero-order valence-electron chi connectivity index (χ0n) is 3.43. The molecule has 0 bridgehead atoms. The van der Waals surface area contributed by atoms with Gasteiger partial charge >= 0.3 is 0 Å². The van der Waals surface area contributed by atoms with E-state index < -0.39 is 0 Å². The van der Waals surface area contributed by atoms with Crippen molar-refractivity contribution in [1.29, 1.82) is 0 Å². The molecule has 7 heavy (non-hydrogen) atoms. The first-order chi connectivity index (χ1) is 3.06.